The van der Waals surface area contributed by atoms with Crippen molar-refractivity contribution in [1.29, 1.82) is 0 Å². The Morgan fingerprint density at radius 1 is 0.294 bits per heavy atom. The van der Waals surface area contributed by atoms with Gasteiger partial charge in [-0.25, -0.2) is 9.97 Å². The maximum Gasteiger partial charge on any atom is 0.160 e. The molecule has 0 saturated carbocycles. The Hall–Kier alpha value is -8.22. The summed E-state index contributed by atoms with van der Waals surface area (Å²) >= 11 is 0. The molecule has 0 spiro atoms. The lowest BCUT2D eigenvalue weighted by Crippen LogP contribution is -2.55. The van der Waals surface area contributed by atoms with Crippen molar-refractivity contribution in [3.05, 3.63) is 194 Å². The van der Waals surface area contributed by atoms with E-state index in [1.54, 1.807) is 0 Å². The van der Waals surface area contributed by atoms with Crippen LogP contribution in [0, 0.1) is 0 Å². The molecule has 13 aromatic rings. The van der Waals surface area contributed by atoms with Gasteiger partial charge < -0.3 is 13.7 Å². The molecule has 13 rings (SSSR count). The number of benzene rings is 9. The van der Waals surface area contributed by atoms with E-state index in [1.807, 2.05) is 0 Å². The molecule has 0 amide bonds. The first kappa shape index (κ1) is 40.1. The number of para-hydroxylation sites is 6. The summed E-state index contributed by atoms with van der Waals surface area (Å²) in [6.07, 6.45) is 0. The Morgan fingerprint density at radius 2 is 0.618 bits per heavy atom. The van der Waals surface area contributed by atoms with Gasteiger partial charge in [0.1, 0.15) is 39.2 Å². The van der Waals surface area contributed by atoms with Gasteiger partial charge in [0.2, 0.25) is 0 Å². The molecule has 314 valence electrons. The molecular formula is C58H42B5N5. The number of aromatic nitrogens is 5. The first-order valence-electron chi connectivity index (χ1n) is 23.5. The molecule has 9 aromatic carbocycles. The highest BCUT2D eigenvalue weighted by atomic mass is 15.1. The third-order valence-corrected chi connectivity index (χ3v) is 14.8. The molecule has 0 N–H and O–H groups in total. The fourth-order valence-corrected chi connectivity index (χ4v) is 11.2. The Labute approximate surface area is 398 Å². The molecule has 4 heterocycles. The second-order valence-corrected chi connectivity index (χ2v) is 18.3. The standard InChI is InChI=1S/C58H42B5N5/c59-52-51(53(60)55(62)56(63)54(52)61)42-32-41(64-58(65-42)33-16-2-1-3-17-33)34-30-49(66-43-24-10-4-18-35(43)36-19-5-11-25-44(36)66)57(68-47-28-14-8-22-39(47)40-23-9-15-29-48(40)68)50(31-34)67-45-26-12-6-20-37(45)38-21-7-13-27-46(38)67/h1-32H,59-63H2. The molecule has 0 atom stereocenters. The van der Waals surface area contributed by atoms with E-state index in [0.29, 0.717) is 5.82 Å². The molecule has 0 aliphatic heterocycles. The lowest BCUT2D eigenvalue weighted by atomic mass is 9.60. The molecule has 0 saturated heterocycles. The summed E-state index contributed by atoms with van der Waals surface area (Å²) in [5.41, 5.74) is 21.2. The smallest absolute Gasteiger partial charge is 0.160 e. The van der Waals surface area contributed by atoms with Crippen LogP contribution in [0.3, 0.4) is 0 Å². The maximum atomic E-state index is 5.57. The number of hydrogen-bond donors (Lipinski definition) is 0. The van der Waals surface area contributed by atoms with Crippen molar-refractivity contribution in [1.82, 2.24) is 23.7 Å². The Kier molecular flexibility index (Phi) is 9.10. The molecular weight excluding hydrogens is 821 g/mol. The van der Waals surface area contributed by atoms with Crippen LogP contribution in [0.25, 0.3) is 116 Å². The summed E-state index contributed by atoms with van der Waals surface area (Å²) < 4.78 is 7.49. The van der Waals surface area contributed by atoms with E-state index in [0.717, 1.165) is 72.7 Å². The number of fused-ring (bicyclic) bond motifs is 9. The normalized spacial score (nSPS) is 11.8. The van der Waals surface area contributed by atoms with E-state index in [4.69, 9.17) is 9.97 Å². The molecule has 10 heteroatoms. The summed E-state index contributed by atoms with van der Waals surface area (Å²) in [4.78, 5) is 11.0. The van der Waals surface area contributed by atoms with Gasteiger partial charge in [0.25, 0.3) is 0 Å². The first-order valence-corrected chi connectivity index (χ1v) is 23.5. The lowest BCUT2D eigenvalue weighted by molar-refractivity contribution is 1.05. The molecule has 4 aromatic heterocycles. The Balaban J connectivity index is 1.26. The fraction of sp³-hybridized carbons (Fsp3) is 0. The minimum atomic E-state index is 0.691. The average molecular weight is 863 g/mol. The summed E-state index contributed by atoms with van der Waals surface area (Å²) in [5, 5.41) is 7.21. The topological polar surface area (TPSA) is 40.6 Å². The average Bonchev–Trinajstić information content (AvgIpc) is 4.03. The van der Waals surface area contributed by atoms with Gasteiger partial charge in [-0.05, 0) is 60.2 Å². The fourth-order valence-electron chi connectivity index (χ4n) is 11.2. The molecule has 0 unspecified atom stereocenters. The summed E-state index contributed by atoms with van der Waals surface area (Å²) in [5.74, 6) is 0.691. The van der Waals surface area contributed by atoms with Crippen LogP contribution in [0.4, 0.5) is 0 Å². The van der Waals surface area contributed by atoms with Crippen LogP contribution < -0.4 is 27.3 Å². The number of hydrogen-bond acceptors (Lipinski definition) is 2. The van der Waals surface area contributed by atoms with E-state index < -0.39 is 0 Å². The third kappa shape index (κ3) is 5.90. The van der Waals surface area contributed by atoms with Gasteiger partial charge in [0, 0.05) is 43.4 Å². The molecule has 0 bridgehead atoms. The summed E-state index contributed by atoms with van der Waals surface area (Å²) in [7, 11) is 11.2. The van der Waals surface area contributed by atoms with Crippen LogP contribution in [-0.4, -0.2) is 62.9 Å². The van der Waals surface area contributed by atoms with Crippen molar-refractivity contribution >= 4 is 132 Å². The van der Waals surface area contributed by atoms with E-state index in [9.17, 15) is 0 Å². The minimum absolute atomic E-state index is 0.691. The summed E-state index contributed by atoms with van der Waals surface area (Å²) in [6.45, 7) is 0. The van der Waals surface area contributed by atoms with E-state index in [1.165, 1.54) is 65.2 Å². The van der Waals surface area contributed by atoms with Crippen LogP contribution in [0.5, 0.6) is 0 Å². The largest absolute Gasteiger partial charge is 0.307 e. The molecule has 0 aliphatic rings. The predicted octanol–water partition coefficient (Wildman–Crippen LogP) is 6.06. The van der Waals surface area contributed by atoms with Crippen LogP contribution in [0.2, 0.25) is 0 Å². The predicted molar refractivity (Wildman–Crippen MR) is 302 cm³/mol. The van der Waals surface area contributed by atoms with Crippen molar-refractivity contribution in [3.8, 4) is 51.0 Å². The molecule has 0 radical (unpaired) electrons. The van der Waals surface area contributed by atoms with Gasteiger partial charge in [-0.2, -0.15) is 0 Å². The monoisotopic (exact) mass is 863 g/mol. The van der Waals surface area contributed by atoms with Crippen molar-refractivity contribution in [2.75, 3.05) is 0 Å². The zero-order chi connectivity index (χ0) is 45.8. The van der Waals surface area contributed by atoms with E-state index in [2.05, 4.69) is 247 Å². The zero-order valence-electron chi connectivity index (χ0n) is 38.7. The Bertz CT molecular complexity index is 3900. The highest BCUT2D eigenvalue weighted by Gasteiger charge is 2.27. The zero-order valence-corrected chi connectivity index (χ0v) is 38.7. The highest BCUT2D eigenvalue weighted by Crippen LogP contribution is 2.45. The summed E-state index contributed by atoms with van der Waals surface area (Å²) in [6, 6.07) is 70.5. The molecule has 0 aliphatic carbocycles. The van der Waals surface area contributed by atoms with Gasteiger partial charge in [-0.3, -0.25) is 0 Å². The van der Waals surface area contributed by atoms with E-state index >= 15 is 0 Å². The lowest BCUT2D eigenvalue weighted by Gasteiger charge is -2.24. The van der Waals surface area contributed by atoms with Gasteiger partial charge >= 0.3 is 0 Å². The minimum Gasteiger partial charge on any atom is -0.307 e. The van der Waals surface area contributed by atoms with Crippen molar-refractivity contribution in [2.45, 2.75) is 0 Å². The van der Waals surface area contributed by atoms with Crippen molar-refractivity contribution < 1.29 is 0 Å². The van der Waals surface area contributed by atoms with Crippen LogP contribution in [-0.2, 0) is 0 Å². The second kappa shape index (κ2) is 15.4. The van der Waals surface area contributed by atoms with Gasteiger partial charge in [-0.15, -0.1) is 16.4 Å². The van der Waals surface area contributed by atoms with Gasteiger partial charge in [0.15, 0.2) is 5.82 Å². The SMILES string of the molecule is Bc1c(B)c(B)c(-c2cc(-c3cc(-n4c5ccccc5c5ccccc54)c(-n4c5ccccc5c5ccccc54)c(-n4c5ccccc5c5ccccc54)c3)nc(-c3ccccc3)n2)c(B)c1B. The molecule has 5 nitrogen and oxygen atoms in total. The van der Waals surface area contributed by atoms with Gasteiger partial charge in [0.05, 0.1) is 61.6 Å². The van der Waals surface area contributed by atoms with Crippen LogP contribution in [0.15, 0.2) is 194 Å². The maximum absolute atomic E-state index is 5.57. The number of rotatable bonds is 6. The Morgan fingerprint density at radius 3 is 1.01 bits per heavy atom. The van der Waals surface area contributed by atoms with Crippen LogP contribution >= 0.6 is 0 Å². The van der Waals surface area contributed by atoms with Gasteiger partial charge in [-0.1, -0.05) is 150 Å². The molecule has 0 fully saturated rings. The van der Waals surface area contributed by atoms with Crippen molar-refractivity contribution in [2.24, 2.45) is 0 Å². The number of nitrogens with zero attached hydrogens (tertiary/aromatic N) is 5. The second-order valence-electron chi connectivity index (χ2n) is 18.3. The highest BCUT2D eigenvalue weighted by molar-refractivity contribution is 6.68. The first-order chi connectivity index (χ1) is 33.4. The third-order valence-electron chi connectivity index (χ3n) is 14.8. The quantitative estimate of drug-likeness (QED) is 0.191. The molecule has 68 heavy (non-hydrogen) atoms. The van der Waals surface area contributed by atoms with Crippen molar-refractivity contribution in [3.63, 3.8) is 0 Å². The van der Waals surface area contributed by atoms with E-state index in [-0.39, 0.29) is 0 Å². The van der Waals surface area contributed by atoms with Crippen LogP contribution in [0.1, 0.15) is 0 Å².